The van der Waals surface area contributed by atoms with E-state index in [9.17, 15) is 4.79 Å². The van der Waals surface area contributed by atoms with Gasteiger partial charge in [0, 0.05) is 49.4 Å². The van der Waals surface area contributed by atoms with Crippen LogP contribution in [0.1, 0.15) is 36.4 Å². The molecule has 6 nitrogen and oxygen atoms in total. The van der Waals surface area contributed by atoms with Gasteiger partial charge in [0.1, 0.15) is 11.5 Å². The lowest BCUT2D eigenvalue weighted by Gasteiger charge is -2.42. The van der Waals surface area contributed by atoms with Crippen molar-refractivity contribution in [2.75, 3.05) is 19.7 Å². The van der Waals surface area contributed by atoms with Crippen molar-refractivity contribution in [1.82, 2.24) is 14.5 Å². The predicted octanol–water partition coefficient (Wildman–Crippen LogP) is 3.83. The molecule has 1 aromatic carbocycles. The second kappa shape index (κ2) is 7.76. The van der Waals surface area contributed by atoms with Gasteiger partial charge < -0.3 is 13.7 Å². The van der Waals surface area contributed by atoms with E-state index in [0.29, 0.717) is 24.3 Å². The van der Waals surface area contributed by atoms with Crippen molar-refractivity contribution in [3.8, 4) is 17.2 Å². The lowest BCUT2D eigenvalue weighted by Crippen LogP contribution is -2.46. The van der Waals surface area contributed by atoms with E-state index in [2.05, 4.69) is 11.0 Å². The molecule has 2 aliphatic rings. The summed E-state index contributed by atoms with van der Waals surface area (Å²) in [6.07, 6.45) is 1.16. The van der Waals surface area contributed by atoms with Gasteiger partial charge in [0.05, 0.1) is 12.3 Å². The molecule has 1 saturated heterocycles. The Morgan fingerprint density at radius 3 is 2.77 bits per heavy atom. The van der Waals surface area contributed by atoms with Crippen molar-refractivity contribution in [1.29, 1.82) is 0 Å². The number of nitrogens with zero attached hydrogens (tertiary/aromatic N) is 3. The molecule has 5 rings (SSSR count). The largest absolute Gasteiger partial charge is 0.494 e. The first kappa shape index (κ1) is 19.1. The van der Waals surface area contributed by atoms with E-state index in [1.807, 2.05) is 48.7 Å². The van der Waals surface area contributed by atoms with Crippen LogP contribution in [0.5, 0.6) is 5.75 Å². The summed E-state index contributed by atoms with van der Waals surface area (Å²) in [7, 11) is 0. The van der Waals surface area contributed by atoms with Gasteiger partial charge >= 0.3 is 0 Å². The summed E-state index contributed by atoms with van der Waals surface area (Å²) >= 11 is 0. The molecule has 0 saturated carbocycles. The Balaban J connectivity index is 1.33. The minimum atomic E-state index is 0.128. The van der Waals surface area contributed by atoms with Crippen LogP contribution in [0.4, 0.5) is 0 Å². The molecule has 0 radical (unpaired) electrons. The van der Waals surface area contributed by atoms with Crippen molar-refractivity contribution >= 4 is 0 Å². The smallest absolute Gasteiger partial charge is 0.250 e. The van der Waals surface area contributed by atoms with Gasteiger partial charge in [-0.1, -0.05) is 6.07 Å². The van der Waals surface area contributed by atoms with Crippen molar-refractivity contribution in [3.63, 3.8) is 0 Å². The summed E-state index contributed by atoms with van der Waals surface area (Å²) in [5.41, 5.74) is 3.25. The Morgan fingerprint density at radius 2 is 1.97 bits per heavy atom. The number of fused-ring (bicyclic) bond motifs is 4. The van der Waals surface area contributed by atoms with Crippen LogP contribution in [-0.4, -0.2) is 34.1 Å². The molecular weight excluding hydrogens is 378 g/mol. The highest BCUT2D eigenvalue weighted by atomic mass is 16.5. The molecule has 0 N–H and O–H groups in total. The zero-order valence-electron chi connectivity index (χ0n) is 17.5. The number of hydrogen-bond acceptors (Lipinski definition) is 5. The third-order valence-corrected chi connectivity index (χ3v) is 6.23. The van der Waals surface area contributed by atoms with Crippen molar-refractivity contribution in [2.24, 2.45) is 5.92 Å². The molecule has 2 aliphatic heterocycles. The molecule has 0 amide bonds. The van der Waals surface area contributed by atoms with Crippen LogP contribution in [0.3, 0.4) is 0 Å². The fourth-order valence-corrected chi connectivity index (χ4v) is 4.90. The topological polar surface area (TPSA) is 60.5 Å². The quantitative estimate of drug-likeness (QED) is 0.646. The van der Waals surface area contributed by atoms with Gasteiger partial charge in [-0.2, -0.15) is 0 Å². The summed E-state index contributed by atoms with van der Waals surface area (Å²) in [5.74, 6) is 3.29. The number of aromatic nitrogens is 2. The lowest BCUT2D eigenvalue weighted by molar-refractivity contribution is 0.113. The Kier molecular flexibility index (Phi) is 4.95. The standard InChI is InChI=1S/C24H27N3O3/c1-3-29-20-9-7-18(8-10-20)24-25-21(16(2)30-24)15-26-12-17-11-19(14-26)22-5-4-6-23(28)27(22)13-17/h4-10,17,19H,3,11-15H2,1-2H3/t17-,19-/m0/s1. The zero-order chi connectivity index (χ0) is 20.7. The van der Waals surface area contributed by atoms with Gasteiger partial charge in [-0.05, 0) is 56.5 Å². The molecule has 4 heterocycles. The molecular formula is C24H27N3O3. The van der Waals surface area contributed by atoms with Gasteiger partial charge in [-0.3, -0.25) is 9.69 Å². The average Bonchev–Trinajstić information content (AvgIpc) is 3.10. The van der Waals surface area contributed by atoms with Crippen LogP contribution in [0.2, 0.25) is 0 Å². The molecule has 0 unspecified atom stereocenters. The van der Waals surface area contributed by atoms with E-state index in [1.165, 1.54) is 5.69 Å². The maximum absolute atomic E-state index is 12.2. The Labute approximate surface area is 176 Å². The number of piperidine rings is 1. The van der Waals surface area contributed by atoms with Crippen LogP contribution >= 0.6 is 0 Å². The van der Waals surface area contributed by atoms with E-state index in [0.717, 1.165) is 55.4 Å². The van der Waals surface area contributed by atoms with Gasteiger partial charge in [0.2, 0.25) is 5.89 Å². The lowest BCUT2D eigenvalue weighted by atomic mass is 9.83. The molecule has 0 spiro atoms. The molecule has 0 aliphatic carbocycles. The minimum Gasteiger partial charge on any atom is -0.494 e. The van der Waals surface area contributed by atoms with Crippen molar-refractivity contribution < 1.29 is 9.15 Å². The highest BCUT2D eigenvalue weighted by Gasteiger charge is 2.34. The first-order valence-corrected chi connectivity index (χ1v) is 10.7. The van der Waals surface area contributed by atoms with Crippen LogP contribution in [-0.2, 0) is 13.1 Å². The predicted molar refractivity (Wildman–Crippen MR) is 115 cm³/mol. The number of oxazole rings is 1. The fourth-order valence-electron chi connectivity index (χ4n) is 4.90. The van der Waals surface area contributed by atoms with Crippen molar-refractivity contribution in [2.45, 2.75) is 39.3 Å². The first-order valence-electron chi connectivity index (χ1n) is 10.7. The van der Waals surface area contributed by atoms with E-state index >= 15 is 0 Å². The van der Waals surface area contributed by atoms with Gasteiger partial charge in [-0.25, -0.2) is 4.98 Å². The third kappa shape index (κ3) is 3.56. The summed E-state index contributed by atoms with van der Waals surface area (Å²) in [5, 5.41) is 0. The summed E-state index contributed by atoms with van der Waals surface area (Å²) in [6.45, 7) is 8.14. The maximum Gasteiger partial charge on any atom is 0.250 e. The van der Waals surface area contributed by atoms with Crippen LogP contribution in [0.15, 0.2) is 51.7 Å². The monoisotopic (exact) mass is 405 g/mol. The van der Waals surface area contributed by atoms with E-state index in [4.69, 9.17) is 14.1 Å². The van der Waals surface area contributed by atoms with Crippen molar-refractivity contribution in [3.05, 3.63) is 70.0 Å². The number of rotatable bonds is 5. The Bertz CT molecular complexity index is 1100. The molecule has 1 fully saturated rings. The summed E-state index contributed by atoms with van der Waals surface area (Å²) in [4.78, 5) is 19.5. The maximum atomic E-state index is 12.2. The van der Waals surface area contributed by atoms with Gasteiger partial charge in [0.25, 0.3) is 5.56 Å². The van der Waals surface area contributed by atoms with Gasteiger partial charge in [-0.15, -0.1) is 0 Å². The Morgan fingerprint density at radius 1 is 1.13 bits per heavy atom. The zero-order valence-corrected chi connectivity index (χ0v) is 17.5. The summed E-state index contributed by atoms with van der Waals surface area (Å²) < 4.78 is 13.5. The fraction of sp³-hybridized carbons (Fsp3) is 0.417. The number of pyridine rings is 1. The number of hydrogen-bond donors (Lipinski definition) is 0. The molecule has 6 heteroatoms. The molecule has 156 valence electrons. The molecule has 2 bridgehead atoms. The second-order valence-electron chi connectivity index (χ2n) is 8.37. The van der Waals surface area contributed by atoms with Gasteiger partial charge in [0.15, 0.2) is 0 Å². The number of ether oxygens (including phenoxy) is 1. The number of aryl methyl sites for hydroxylation is 1. The highest BCUT2D eigenvalue weighted by Crippen LogP contribution is 2.36. The molecule has 30 heavy (non-hydrogen) atoms. The molecule has 3 aromatic rings. The number of likely N-dealkylation sites (tertiary alicyclic amines) is 1. The van der Waals surface area contributed by atoms with Crippen LogP contribution < -0.4 is 10.3 Å². The number of benzene rings is 1. The first-order chi connectivity index (χ1) is 14.6. The average molecular weight is 405 g/mol. The van der Waals surface area contributed by atoms with E-state index in [1.54, 1.807) is 6.07 Å². The minimum absolute atomic E-state index is 0.128. The summed E-state index contributed by atoms with van der Waals surface area (Å²) in [6, 6.07) is 13.5. The molecule has 2 aromatic heterocycles. The van der Waals surface area contributed by atoms with E-state index in [-0.39, 0.29) is 5.56 Å². The SMILES string of the molecule is CCOc1ccc(-c2nc(CN3C[C@@H]4C[C@@H](C3)c3cccc(=O)n3C4)c(C)o2)cc1. The second-order valence-corrected chi connectivity index (χ2v) is 8.37. The third-order valence-electron chi connectivity index (χ3n) is 6.23. The molecule has 2 atom stereocenters. The van der Waals surface area contributed by atoms with Crippen LogP contribution in [0.25, 0.3) is 11.5 Å². The van der Waals surface area contributed by atoms with Crippen LogP contribution in [0, 0.1) is 12.8 Å². The van der Waals surface area contributed by atoms with E-state index < -0.39 is 0 Å². The normalized spacial score (nSPS) is 20.7. The highest BCUT2D eigenvalue weighted by molar-refractivity contribution is 5.55. The Hall–Kier alpha value is -2.86.